The van der Waals surface area contributed by atoms with Crippen LogP contribution >= 0.6 is 34.0 Å². The average Bonchev–Trinajstić information content (AvgIpc) is 2.98. The third kappa shape index (κ3) is 6.61. The molecule has 2 unspecified atom stereocenters. The quantitative estimate of drug-likeness (QED) is 0.287. The van der Waals surface area contributed by atoms with Crippen molar-refractivity contribution in [3.63, 3.8) is 0 Å². The topological polar surface area (TPSA) is 82.1 Å². The van der Waals surface area contributed by atoms with Crippen molar-refractivity contribution in [2.45, 2.75) is 63.1 Å². The Morgan fingerprint density at radius 1 is 1.03 bits per heavy atom. The lowest BCUT2D eigenvalue weighted by molar-refractivity contribution is -0.902. The highest BCUT2D eigenvalue weighted by atomic mass is 79.9. The minimum Gasteiger partial charge on any atom is -0.497 e. The number of quaternary nitrogens is 1. The van der Waals surface area contributed by atoms with Gasteiger partial charge in [0.25, 0.3) is 0 Å². The second-order valence-corrected chi connectivity index (χ2v) is 9.56. The number of hydrogen-bond donors (Lipinski definition) is 1. The molecule has 198 valence electrons. The molecule has 2 aliphatic rings. The fourth-order valence-electron chi connectivity index (χ4n) is 5.62. The van der Waals surface area contributed by atoms with Crippen molar-refractivity contribution in [1.29, 1.82) is 0 Å². The minimum atomic E-state index is -0.973. The number of halogens is 2. The SMILES string of the molecule is Br.Br.COc1ccc2cc(CC=C[N+]3(C)[C@@H]4CC[C@H]3CC(OC(=O)CCC(=O)O)C4)cc(OC)c2c1. The van der Waals surface area contributed by atoms with Crippen molar-refractivity contribution < 1.29 is 33.4 Å². The molecule has 2 saturated heterocycles. The zero-order valence-electron chi connectivity index (χ0n) is 21.0. The van der Waals surface area contributed by atoms with Crippen LogP contribution in [-0.4, -0.2) is 61.0 Å². The molecule has 4 rings (SSSR count). The van der Waals surface area contributed by atoms with Gasteiger partial charge in [0, 0.05) is 31.1 Å². The van der Waals surface area contributed by atoms with Crippen molar-refractivity contribution in [2.75, 3.05) is 21.3 Å². The summed E-state index contributed by atoms with van der Waals surface area (Å²) in [6.45, 7) is 0. The van der Waals surface area contributed by atoms with E-state index in [1.165, 1.54) is 5.56 Å². The van der Waals surface area contributed by atoms with E-state index < -0.39 is 11.9 Å². The van der Waals surface area contributed by atoms with Gasteiger partial charge in [0.2, 0.25) is 0 Å². The number of methoxy groups -OCH3 is 2. The standard InChI is InChI=1S/C27H33NO6.2BrH/c1-28(20-7-8-21(28)16-23(15-20)34-27(31)11-10-26(29)30)12-4-5-18-13-19-6-9-22(32-2)17-24(19)25(14-18)33-3;;/h4,6,9,12-14,17,20-21,23H,5,7-8,10-11,15-16H2,1-3H3;2*1H/p+1/t20-,21+,23?,28?;;. The Bertz CT molecular complexity index is 1090. The Balaban J connectivity index is 0.00000228. The van der Waals surface area contributed by atoms with Crippen LogP contribution in [0.15, 0.2) is 42.6 Å². The van der Waals surface area contributed by atoms with Crippen LogP contribution in [0.1, 0.15) is 44.1 Å². The Labute approximate surface area is 233 Å². The van der Waals surface area contributed by atoms with Gasteiger partial charge in [0.15, 0.2) is 0 Å². The number of carboxylic acid groups (broad SMARTS) is 1. The highest BCUT2D eigenvalue weighted by Gasteiger charge is 2.51. The Kier molecular flexibility index (Phi) is 10.8. The summed E-state index contributed by atoms with van der Waals surface area (Å²) in [5.41, 5.74) is 1.19. The molecule has 7 nitrogen and oxygen atoms in total. The maximum atomic E-state index is 12.0. The van der Waals surface area contributed by atoms with Gasteiger partial charge in [-0.3, -0.25) is 14.1 Å². The van der Waals surface area contributed by atoms with E-state index in [0.29, 0.717) is 12.1 Å². The number of carboxylic acids is 1. The first kappa shape index (κ1) is 30.1. The molecule has 0 radical (unpaired) electrons. The van der Waals surface area contributed by atoms with Crippen LogP contribution in [0.5, 0.6) is 11.5 Å². The summed E-state index contributed by atoms with van der Waals surface area (Å²) in [6.07, 6.45) is 8.88. The molecule has 0 aromatic heterocycles. The number of esters is 1. The Morgan fingerprint density at radius 2 is 1.72 bits per heavy atom. The van der Waals surface area contributed by atoms with Crippen molar-refractivity contribution >= 4 is 56.7 Å². The Morgan fingerprint density at radius 3 is 2.33 bits per heavy atom. The van der Waals surface area contributed by atoms with Gasteiger partial charge in [0.05, 0.1) is 52.4 Å². The van der Waals surface area contributed by atoms with Crippen LogP contribution in [0.25, 0.3) is 10.8 Å². The van der Waals surface area contributed by atoms with E-state index in [9.17, 15) is 9.59 Å². The third-order valence-corrected chi connectivity index (χ3v) is 7.50. The summed E-state index contributed by atoms with van der Waals surface area (Å²) < 4.78 is 17.5. The highest BCUT2D eigenvalue weighted by molar-refractivity contribution is 8.93. The van der Waals surface area contributed by atoms with Crippen LogP contribution in [0.2, 0.25) is 0 Å². The molecule has 2 aliphatic heterocycles. The molecular formula is C27H36Br2NO6+. The third-order valence-electron chi connectivity index (χ3n) is 7.50. The van der Waals surface area contributed by atoms with E-state index in [2.05, 4.69) is 37.5 Å². The molecule has 2 aromatic carbocycles. The van der Waals surface area contributed by atoms with E-state index >= 15 is 0 Å². The fraction of sp³-hybridized carbons (Fsp3) is 0.481. The first-order chi connectivity index (χ1) is 16.3. The molecule has 9 heteroatoms. The second kappa shape index (κ2) is 12.9. The molecule has 2 aromatic rings. The number of hydrogen-bond acceptors (Lipinski definition) is 5. The molecule has 2 fully saturated rings. The van der Waals surface area contributed by atoms with E-state index in [1.54, 1.807) is 14.2 Å². The van der Waals surface area contributed by atoms with Gasteiger partial charge in [-0.2, -0.15) is 0 Å². The van der Waals surface area contributed by atoms with E-state index in [1.807, 2.05) is 12.1 Å². The zero-order valence-corrected chi connectivity index (χ0v) is 24.4. The van der Waals surface area contributed by atoms with Gasteiger partial charge in [0.1, 0.15) is 17.6 Å². The van der Waals surface area contributed by atoms with Crippen LogP contribution in [0.4, 0.5) is 0 Å². The number of benzene rings is 2. The lowest BCUT2D eigenvalue weighted by Gasteiger charge is -2.44. The van der Waals surface area contributed by atoms with E-state index in [0.717, 1.165) is 58.9 Å². The number of piperidine rings is 1. The molecular weight excluding hydrogens is 594 g/mol. The van der Waals surface area contributed by atoms with Gasteiger partial charge in [-0.25, -0.2) is 0 Å². The number of carbonyl (C=O) groups is 2. The van der Waals surface area contributed by atoms with Crippen LogP contribution < -0.4 is 9.47 Å². The summed E-state index contributed by atoms with van der Waals surface area (Å²) in [4.78, 5) is 22.7. The van der Waals surface area contributed by atoms with Crippen molar-refractivity contribution in [3.8, 4) is 11.5 Å². The van der Waals surface area contributed by atoms with E-state index in [-0.39, 0.29) is 52.9 Å². The molecule has 0 saturated carbocycles. The fourth-order valence-corrected chi connectivity index (χ4v) is 5.62. The first-order valence-electron chi connectivity index (χ1n) is 11.9. The number of rotatable bonds is 9. The predicted molar refractivity (Wildman–Crippen MR) is 150 cm³/mol. The number of fused-ring (bicyclic) bond motifs is 3. The maximum absolute atomic E-state index is 12.0. The van der Waals surface area contributed by atoms with Gasteiger partial charge in [-0.05, 0) is 41.6 Å². The van der Waals surface area contributed by atoms with Crippen LogP contribution in [0.3, 0.4) is 0 Å². The summed E-state index contributed by atoms with van der Waals surface area (Å²) in [6, 6.07) is 11.1. The largest absolute Gasteiger partial charge is 0.497 e. The molecule has 0 amide bonds. The van der Waals surface area contributed by atoms with Gasteiger partial charge in [-0.1, -0.05) is 12.1 Å². The Hall–Kier alpha value is -2.10. The lowest BCUT2D eigenvalue weighted by Crippen LogP contribution is -2.55. The highest BCUT2D eigenvalue weighted by Crippen LogP contribution is 2.43. The predicted octanol–water partition coefficient (Wildman–Crippen LogP) is 5.62. The smallest absolute Gasteiger partial charge is 0.306 e. The summed E-state index contributed by atoms with van der Waals surface area (Å²) in [5, 5.41) is 10.9. The zero-order chi connectivity index (χ0) is 24.3. The van der Waals surface area contributed by atoms with Crippen molar-refractivity contribution in [3.05, 3.63) is 48.2 Å². The van der Waals surface area contributed by atoms with Gasteiger partial charge < -0.3 is 19.3 Å². The molecule has 1 N–H and O–H groups in total. The van der Waals surface area contributed by atoms with Gasteiger partial charge in [-0.15, -0.1) is 34.0 Å². The molecule has 36 heavy (non-hydrogen) atoms. The minimum absolute atomic E-state index is 0. The summed E-state index contributed by atoms with van der Waals surface area (Å²) in [7, 11) is 5.63. The molecule has 2 bridgehead atoms. The normalized spacial score (nSPS) is 24.6. The van der Waals surface area contributed by atoms with Crippen molar-refractivity contribution in [1.82, 2.24) is 0 Å². The summed E-state index contributed by atoms with van der Waals surface area (Å²) in [5.74, 6) is 0.272. The molecule has 4 atom stereocenters. The monoisotopic (exact) mass is 628 g/mol. The number of allylic oxidation sites excluding steroid dienone is 1. The lowest BCUT2D eigenvalue weighted by atomic mass is 9.97. The number of aliphatic carboxylic acids is 1. The average molecular weight is 630 g/mol. The van der Waals surface area contributed by atoms with Gasteiger partial charge >= 0.3 is 11.9 Å². The molecule has 0 spiro atoms. The van der Waals surface area contributed by atoms with Crippen molar-refractivity contribution in [2.24, 2.45) is 0 Å². The second-order valence-electron chi connectivity index (χ2n) is 9.56. The first-order valence-corrected chi connectivity index (χ1v) is 11.9. The van der Waals surface area contributed by atoms with Crippen LogP contribution in [0, 0.1) is 0 Å². The van der Waals surface area contributed by atoms with E-state index in [4.69, 9.17) is 19.3 Å². The number of nitrogens with zero attached hydrogens (tertiary/aromatic N) is 1. The summed E-state index contributed by atoms with van der Waals surface area (Å²) >= 11 is 0. The van der Waals surface area contributed by atoms with Crippen LogP contribution in [-0.2, 0) is 20.7 Å². The molecule has 0 aliphatic carbocycles. The number of ether oxygens (including phenoxy) is 3. The molecule has 2 heterocycles. The maximum Gasteiger partial charge on any atom is 0.306 e. The number of carbonyl (C=O) groups excluding carboxylic acids is 1.